The summed E-state index contributed by atoms with van der Waals surface area (Å²) in [5.41, 5.74) is 1.71. The number of nitriles is 2. The summed E-state index contributed by atoms with van der Waals surface area (Å²) in [6.07, 6.45) is 7.11. The van der Waals surface area contributed by atoms with Crippen molar-refractivity contribution in [2.45, 2.75) is 6.92 Å². The first kappa shape index (κ1) is 13.4. The molecule has 0 aromatic heterocycles. The quantitative estimate of drug-likeness (QED) is 0.758. The van der Waals surface area contributed by atoms with Gasteiger partial charge in [0.1, 0.15) is 29.2 Å². The monoisotopic (exact) mass is 260 g/mol. The molecule has 20 heavy (non-hydrogen) atoms. The lowest BCUT2D eigenvalue weighted by molar-refractivity contribution is 0.318. The fourth-order valence-electron chi connectivity index (χ4n) is 1.78. The topological polar surface area (TPSA) is 56.8 Å². The third kappa shape index (κ3) is 3.25. The highest BCUT2D eigenvalue weighted by Gasteiger charge is 2.10. The lowest BCUT2D eigenvalue weighted by atomic mass is 10.1. The molecule has 96 valence electrons. The van der Waals surface area contributed by atoms with Gasteiger partial charge in [-0.25, -0.2) is 0 Å². The van der Waals surface area contributed by atoms with Gasteiger partial charge < -0.3 is 4.74 Å². The Labute approximate surface area is 118 Å². The molecular formula is C17H12N2O. The maximum absolute atomic E-state index is 8.91. The van der Waals surface area contributed by atoms with Crippen LogP contribution in [0.15, 0.2) is 71.2 Å². The fraction of sp³-hybridized carbons (Fsp3) is 0.0588. The van der Waals surface area contributed by atoms with E-state index >= 15 is 0 Å². The highest BCUT2D eigenvalue weighted by molar-refractivity contribution is 5.56. The molecule has 0 N–H and O–H groups in total. The molecule has 3 nitrogen and oxygen atoms in total. The van der Waals surface area contributed by atoms with Crippen molar-refractivity contribution in [3.63, 3.8) is 0 Å². The standard InChI is InChI=1S/C17H12N2O/c1-13-9-15(16(11-18)12-19)10-17(20-13)8-7-14-5-3-2-4-6-14/h2-10H,1H3. The third-order valence-corrected chi connectivity index (χ3v) is 2.69. The molecule has 1 aromatic rings. The zero-order chi connectivity index (χ0) is 14.4. The van der Waals surface area contributed by atoms with Crippen molar-refractivity contribution in [1.82, 2.24) is 0 Å². The molecule has 3 heteroatoms. The van der Waals surface area contributed by atoms with Crippen LogP contribution >= 0.6 is 0 Å². The van der Waals surface area contributed by atoms with E-state index in [2.05, 4.69) is 0 Å². The molecule has 1 heterocycles. The second-order valence-corrected chi connectivity index (χ2v) is 4.20. The lowest BCUT2D eigenvalue weighted by Crippen LogP contribution is -1.97. The Hall–Kier alpha value is -3.04. The van der Waals surface area contributed by atoms with E-state index in [1.54, 1.807) is 19.1 Å². The van der Waals surface area contributed by atoms with Crippen molar-refractivity contribution in [3.05, 3.63) is 76.8 Å². The van der Waals surface area contributed by atoms with Crippen LogP contribution in [0.2, 0.25) is 0 Å². The van der Waals surface area contributed by atoms with E-state index in [1.165, 1.54) is 0 Å². The molecule has 0 fully saturated rings. The van der Waals surface area contributed by atoms with Crippen molar-refractivity contribution in [3.8, 4) is 12.1 Å². The summed E-state index contributed by atoms with van der Waals surface area (Å²) >= 11 is 0. The molecule has 1 aliphatic rings. The van der Waals surface area contributed by atoms with Gasteiger partial charge >= 0.3 is 0 Å². The minimum Gasteiger partial charge on any atom is -0.462 e. The normalized spacial score (nSPS) is 13.8. The summed E-state index contributed by atoms with van der Waals surface area (Å²) < 4.78 is 5.56. The van der Waals surface area contributed by atoms with Crippen LogP contribution in [0.1, 0.15) is 12.5 Å². The summed E-state index contributed by atoms with van der Waals surface area (Å²) in [5, 5.41) is 17.8. The van der Waals surface area contributed by atoms with E-state index in [9.17, 15) is 0 Å². The maximum atomic E-state index is 8.91. The van der Waals surface area contributed by atoms with Gasteiger partial charge in [0.15, 0.2) is 0 Å². The smallest absolute Gasteiger partial charge is 0.137 e. The zero-order valence-electron chi connectivity index (χ0n) is 11.0. The number of benzene rings is 1. The summed E-state index contributed by atoms with van der Waals surface area (Å²) in [7, 11) is 0. The van der Waals surface area contributed by atoms with Gasteiger partial charge in [-0.3, -0.25) is 0 Å². The summed E-state index contributed by atoms with van der Waals surface area (Å²) in [6, 6.07) is 13.6. The van der Waals surface area contributed by atoms with E-state index in [1.807, 2.05) is 54.6 Å². The van der Waals surface area contributed by atoms with E-state index in [-0.39, 0.29) is 5.57 Å². The number of nitrogens with zero attached hydrogens (tertiary/aromatic N) is 2. The van der Waals surface area contributed by atoms with Crippen molar-refractivity contribution >= 4 is 6.08 Å². The molecule has 0 aliphatic carbocycles. The van der Waals surface area contributed by atoms with Crippen molar-refractivity contribution < 1.29 is 4.74 Å². The van der Waals surface area contributed by atoms with Crippen LogP contribution in [-0.2, 0) is 4.74 Å². The van der Waals surface area contributed by atoms with E-state index in [0.717, 1.165) is 5.56 Å². The third-order valence-electron chi connectivity index (χ3n) is 2.69. The molecule has 0 saturated heterocycles. The Kier molecular flexibility index (Phi) is 4.17. The van der Waals surface area contributed by atoms with E-state index in [0.29, 0.717) is 17.1 Å². The molecule has 0 bridgehead atoms. The van der Waals surface area contributed by atoms with Gasteiger partial charge in [-0.1, -0.05) is 36.4 Å². The summed E-state index contributed by atoms with van der Waals surface area (Å²) in [4.78, 5) is 0. The predicted molar refractivity (Wildman–Crippen MR) is 76.7 cm³/mol. The maximum Gasteiger partial charge on any atom is 0.137 e. The number of rotatable bonds is 2. The van der Waals surface area contributed by atoms with Gasteiger partial charge in [-0.15, -0.1) is 0 Å². The van der Waals surface area contributed by atoms with Crippen molar-refractivity contribution in [2.75, 3.05) is 0 Å². The Bertz CT molecular complexity index is 692. The predicted octanol–water partition coefficient (Wildman–Crippen LogP) is 3.86. The lowest BCUT2D eigenvalue weighted by Gasteiger charge is -2.13. The van der Waals surface area contributed by atoms with Gasteiger partial charge in [-0.05, 0) is 30.7 Å². The molecule has 0 spiro atoms. The second kappa shape index (κ2) is 6.22. The Morgan fingerprint density at radius 2 is 1.75 bits per heavy atom. The van der Waals surface area contributed by atoms with Crippen LogP contribution < -0.4 is 0 Å². The number of allylic oxidation sites excluding steroid dienone is 6. The van der Waals surface area contributed by atoms with Crippen molar-refractivity contribution in [2.24, 2.45) is 0 Å². The molecule has 0 unspecified atom stereocenters. The fourth-order valence-corrected chi connectivity index (χ4v) is 1.78. The molecule has 1 aromatic carbocycles. The zero-order valence-corrected chi connectivity index (χ0v) is 11.0. The van der Waals surface area contributed by atoms with Crippen LogP contribution in [0.3, 0.4) is 0 Å². The van der Waals surface area contributed by atoms with Gasteiger partial charge in [0, 0.05) is 5.57 Å². The first-order chi connectivity index (χ1) is 9.72. The van der Waals surface area contributed by atoms with E-state index in [4.69, 9.17) is 15.3 Å². The van der Waals surface area contributed by atoms with E-state index < -0.39 is 0 Å². The molecule has 0 atom stereocenters. The van der Waals surface area contributed by atoms with Crippen molar-refractivity contribution in [1.29, 1.82) is 10.5 Å². The van der Waals surface area contributed by atoms with Crippen LogP contribution in [0.25, 0.3) is 6.08 Å². The largest absolute Gasteiger partial charge is 0.462 e. The first-order valence-corrected chi connectivity index (χ1v) is 6.08. The first-order valence-electron chi connectivity index (χ1n) is 6.08. The average Bonchev–Trinajstić information content (AvgIpc) is 2.47. The number of ether oxygens (including phenoxy) is 1. The molecule has 2 rings (SSSR count). The number of hydrogen-bond acceptors (Lipinski definition) is 3. The van der Waals surface area contributed by atoms with Gasteiger partial charge in [0.2, 0.25) is 0 Å². The van der Waals surface area contributed by atoms with Gasteiger partial charge in [0.05, 0.1) is 0 Å². The number of hydrogen-bond donors (Lipinski definition) is 0. The molecule has 0 saturated carbocycles. The van der Waals surface area contributed by atoms with Crippen LogP contribution in [0, 0.1) is 22.7 Å². The Morgan fingerprint density at radius 3 is 2.40 bits per heavy atom. The molecular weight excluding hydrogens is 248 g/mol. The average molecular weight is 260 g/mol. The summed E-state index contributed by atoms with van der Waals surface area (Å²) in [5.74, 6) is 1.25. The highest BCUT2D eigenvalue weighted by Crippen LogP contribution is 2.22. The minimum atomic E-state index is 0.0817. The van der Waals surface area contributed by atoms with Crippen LogP contribution in [-0.4, -0.2) is 0 Å². The molecule has 1 aliphatic heterocycles. The SMILES string of the molecule is CC1=CC(=C(C#N)C#N)C=C(C=Cc2ccccc2)O1. The second-order valence-electron chi connectivity index (χ2n) is 4.20. The summed E-state index contributed by atoms with van der Waals surface area (Å²) in [6.45, 7) is 1.79. The van der Waals surface area contributed by atoms with Crippen LogP contribution in [0.5, 0.6) is 0 Å². The Balaban J connectivity index is 2.30. The molecule has 0 radical (unpaired) electrons. The van der Waals surface area contributed by atoms with Crippen LogP contribution in [0.4, 0.5) is 0 Å². The minimum absolute atomic E-state index is 0.0817. The molecule has 0 amide bonds. The van der Waals surface area contributed by atoms with Gasteiger partial charge in [0.25, 0.3) is 0 Å². The Morgan fingerprint density at radius 1 is 1.05 bits per heavy atom. The highest BCUT2D eigenvalue weighted by atomic mass is 16.5. The van der Waals surface area contributed by atoms with Gasteiger partial charge in [-0.2, -0.15) is 10.5 Å².